The van der Waals surface area contributed by atoms with Crippen molar-refractivity contribution in [2.75, 3.05) is 39.9 Å². The van der Waals surface area contributed by atoms with Gasteiger partial charge in [0.2, 0.25) is 0 Å². The normalized spacial score (nSPS) is 19.3. The second-order valence-electron chi connectivity index (χ2n) is 8.88. The van der Waals surface area contributed by atoms with Gasteiger partial charge in [-0.25, -0.2) is 4.99 Å². The van der Waals surface area contributed by atoms with Crippen LogP contribution in [-0.4, -0.2) is 71.6 Å². The third kappa shape index (κ3) is 8.84. The lowest BCUT2D eigenvalue weighted by atomic mass is 9.88. The Morgan fingerprint density at radius 3 is 2.52 bits per heavy atom. The molecule has 1 saturated heterocycles. The van der Waals surface area contributed by atoms with Gasteiger partial charge in [0.15, 0.2) is 11.8 Å². The third-order valence-corrected chi connectivity index (χ3v) is 6.55. The molecule has 0 bridgehead atoms. The quantitative estimate of drug-likeness (QED) is 0.214. The largest absolute Gasteiger partial charge is 0.385 e. The molecule has 8 nitrogen and oxygen atoms in total. The fourth-order valence-electron chi connectivity index (χ4n) is 4.50. The van der Waals surface area contributed by atoms with E-state index >= 15 is 0 Å². The first-order valence-electron chi connectivity index (χ1n) is 11.8. The van der Waals surface area contributed by atoms with Gasteiger partial charge in [-0.05, 0) is 44.9 Å². The van der Waals surface area contributed by atoms with Gasteiger partial charge in [0, 0.05) is 53.0 Å². The maximum atomic E-state index is 5.17. The molecule has 0 aromatic carbocycles. The number of nitrogens with zero attached hydrogens (tertiary/aromatic N) is 5. The number of aryl methyl sites for hydroxylation is 1. The van der Waals surface area contributed by atoms with Crippen molar-refractivity contribution >= 4 is 29.9 Å². The van der Waals surface area contributed by atoms with Gasteiger partial charge in [0.05, 0.1) is 0 Å². The van der Waals surface area contributed by atoms with Crippen molar-refractivity contribution in [3.8, 4) is 0 Å². The Bertz CT molecular complexity index is 652. The van der Waals surface area contributed by atoms with E-state index in [0.29, 0.717) is 12.6 Å². The Kier molecular flexibility index (Phi) is 12.1. The first kappa shape index (κ1) is 26.3. The molecule has 2 fully saturated rings. The zero-order valence-electron chi connectivity index (χ0n) is 19.6. The standard InChI is InChI=1S/C22H41N7O.HI/c1-18-26-27-21(28(18)2)16-24-22(23-12-7-15-30-3)25-20-10-13-29(14-11-20)17-19-8-5-4-6-9-19;/h19-20H,4-17H2,1-3H3,(H2,23,24,25);1H. The van der Waals surface area contributed by atoms with E-state index in [1.807, 2.05) is 18.5 Å². The predicted molar refractivity (Wildman–Crippen MR) is 136 cm³/mol. The van der Waals surface area contributed by atoms with Crippen molar-refractivity contribution in [1.82, 2.24) is 30.3 Å². The number of nitrogens with one attached hydrogen (secondary N) is 2. The minimum absolute atomic E-state index is 0. The van der Waals surface area contributed by atoms with Gasteiger partial charge >= 0.3 is 0 Å². The summed E-state index contributed by atoms with van der Waals surface area (Å²) < 4.78 is 7.16. The van der Waals surface area contributed by atoms with Gasteiger partial charge in [-0.3, -0.25) is 0 Å². The molecule has 0 spiro atoms. The summed E-state index contributed by atoms with van der Waals surface area (Å²) in [6, 6.07) is 0.475. The van der Waals surface area contributed by atoms with Crippen LogP contribution in [0.4, 0.5) is 0 Å². The number of halogens is 1. The minimum atomic E-state index is 0. The summed E-state index contributed by atoms with van der Waals surface area (Å²) in [5, 5.41) is 15.5. The van der Waals surface area contributed by atoms with E-state index < -0.39 is 0 Å². The van der Waals surface area contributed by atoms with Crippen LogP contribution in [0.5, 0.6) is 0 Å². The van der Waals surface area contributed by atoms with Crippen molar-refractivity contribution in [3.63, 3.8) is 0 Å². The molecule has 178 valence electrons. The number of likely N-dealkylation sites (tertiary alicyclic amines) is 1. The lowest BCUT2D eigenvalue weighted by Crippen LogP contribution is -2.49. The van der Waals surface area contributed by atoms with Crippen LogP contribution in [0.1, 0.15) is 63.0 Å². The number of methoxy groups -OCH3 is 1. The second kappa shape index (κ2) is 14.3. The Balaban J connectivity index is 0.00000341. The van der Waals surface area contributed by atoms with Crippen LogP contribution in [0.2, 0.25) is 0 Å². The zero-order valence-corrected chi connectivity index (χ0v) is 21.9. The summed E-state index contributed by atoms with van der Waals surface area (Å²) in [7, 11) is 3.73. The molecule has 3 rings (SSSR count). The zero-order chi connectivity index (χ0) is 21.2. The molecule has 0 unspecified atom stereocenters. The second-order valence-corrected chi connectivity index (χ2v) is 8.88. The number of rotatable bonds is 9. The summed E-state index contributed by atoms with van der Waals surface area (Å²) in [5.41, 5.74) is 0. The van der Waals surface area contributed by atoms with Gasteiger partial charge in [-0.1, -0.05) is 19.3 Å². The monoisotopic (exact) mass is 547 g/mol. The van der Waals surface area contributed by atoms with E-state index in [0.717, 1.165) is 43.1 Å². The maximum Gasteiger partial charge on any atom is 0.191 e. The van der Waals surface area contributed by atoms with E-state index in [9.17, 15) is 0 Å². The Labute approximate surface area is 205 Å². The highest BCUT2D eigenvalue weighted by Gasteiger charge is 2.23. The number of aliphatic imine (C=N–C) groups is 1. The van der Waals surface area contributed by atoms with Gasteiger partial charge in [0.1, 0.15) is 12.4 Å². The summed E-state index contributed by atoms with van der Waals surface area (Å²) in [6.45, 7) is 7.76. The highest BCUT2D eigenvalue weighted by molar-refractivity contribution is 14.0. The minimum Gasteiger partial charge on any atom is -0.385 e. The fourth-order valence-corrected chi connectivity index (χ4v) is 4.50. The molecule has 0 atom stereocenters. The van der Waals surface area contributed by atoms with E-state index in [4.69, 9.17) is 9.73 Å². The van der Waals surface area contributed by atoms with E-state index in [2.05, 4.69) is 25.7 Å². The average Bonchev–Trinajstić information content (AvgIpc) is 3.09. The molecule has 1 saturated carbocycles. The molecule has 1 aliphatic carbocycles. The van der Waals surface area contributed by atoms with Crippen LogP contribution >= 0.6 is 24.0 Å². The highest BCUT2D eigenvalue weighted by atomic mass is 127. The van der Waals surface area contributed by atoms with E-state index in [1.54, 1.807) is 7.11 Å². The van der Waals surface area contributed by atoms with Crippen LogP contribution in [0.25, 0.3) is 0 Å². The summed E-state index contributed by atoms with van der Waals surface area (Å²) in [6.07, 6.45) is 10.5. The van der Waals surface area contributed by atoms with Crippen LogP contribution in [0.15, 0.2) is 4.99 Å². The van der Waals surface area contributed by atoms with Crippen LogP contribution in [0, 0.1) is 12.8 Å². The van der Waals surface area contributed by atoms with Gasteiger partial charge in [-0.2, -0.15) is 0 Å². The summed E-state index contributed by atoms with van der Waals surface area (Å²) in [5.74, 6) is 3.59. The topological polar surface area (TPSA) is 79.6 Å². The number of hydrogen-bond donors (Lipinski definition) is 2. The van der Waals surface area contributed by atoms with E-state index in [1.165, 1.54) is 64.6 Å². The van der Waals surface area contributed by atoms with Crippen molar-refractivity contribution in [2.45, 2.75) is 70.9 Å². The van der Waals surface area contributed by atoms with Crippen LogP contribution < -0.4 is 10.6 Å². The first-order chi connectivity index (χ1) is 14.7. The maximum absolute atomic E-state index is 5.17. The van der Waals surface area contributed by atoms with Crippen LogP contribution in [0.3, 0.4) is 0 Å². The summed E-state index contributed by atoms with van der Waals surface area (Å²) in [4.78, 5) is 7.47. The predicted octanol–water partition coefficient (Wildman–Crippen LogP) is 2.86. The van der Waals surface area contributed by atoms with E-state index in [-0.39, 0.29) is 24.0 Å². The highest BCUT2D eigenvalue weighted by Crippen LogP contribution is 2.25. The number of guanidine groups is 1. The molecule has 2 heterocycles. The molecule has 1 aromatic rings. The molecular weight excluding hydrogens is 505 g/mol. The molecule has 2 aliphatic rings. The van der Waals surface area contributed by atoms with Gasteiger partial charge in [0.25, 0.3) is 0 Å². The molecular formula is C22H42IN7O. The van der Waals surface area contributed by atoms with Crippen LogP contribution in [-0.2, 0) is 18.3 Å². The molecule has 9 heteroatoms. The van der Waals surface area contributed by atoms with Gasteiger partial charge in [-0.15, -0.1) is 34.2 Å². The van der Waals surface area contributed by atoms with Crippen molar-refractivity contribution in [3.05, 3.63) is 11.6 Å². The fraction of sp³-hybridized carbons (Fsp3) is 0.864. The number of piperidine rings is 1. The smallest absolute Gasteiger partial charge is 0.191 e. The Morgan fingerprint density at radius 2 is 1.87 bits per heavy atom. The van der Waals surface area contributed by atoms with Crippen molar-refractivity contribution in [2.24, 2.45) is 18.0 Å². The lowest BCUT2D eigenvalue weighted by molar-refractivity contribution is 0.160. The molecule has 0 amide bonds. The average molecular weight is 548 g/mol. The number of hydrogen-bond acceptors (Lipinski definition) is 5. The third-order valence-electron chi connectivity index (χ3n) is 6.55. The Morgan fingerprint density at radius 1 is 1.13 bits per heavy atom. The SMILES string of the molecule is COCCCNC(=NCc1nnc(C)n1C)NC1CCN(CC2CCCCC2)CC1.I. The summed E-state index contributed by atoms with van der Waals surface area (Å²) >= 11 is 0. The molecule has 31 heavy (non-hydrogen) atoms. The van der Waals surface area contributed by atoms with Crippen molar-refractivity contribution in [1.29, 1.82) is 0 Å². The van der Waals surface area contributed by atoms with Crippen molar-refractivity contribution < 1.29 is 4.74 Å². The van der Waals surface area contributed by atoms with Gasteiger partial charge < -0.3 is 24.8 Å². The Hall–Kier alpha value is -0.940. The molecule has 2 N–H and O–H groups in total. The lowest BCUT2D eigenvalue weighted by Gasteiger charge is -2.36. The molecule has 0 radical (unpaired) electrons. The molecule has 1 aromatic heterocycles. The number of ether oxygens (including phenoxy) is 1. The molecule has 1 aliphatic heterocycles. The first-order valence-corrected chi connectivity index (χ1v) is 11.8. The number of aromatic nitrogens is 3.